The van der Waals surface area contributed by atoms with Gasteiger partial charge in [-0.3, -0.25) is 14.4 Å². The van der Waals surface area contributed by atoms with Crippen LogP contribution < -0.4 is 9.96 Å². The molecule has 0 saturated carbocycles. The molecule has 2 amide bonds. The number of aromatic carboxylic acids is 1. The Bertz CT molecular complexity index is 1270. The van der Waals surface area contributed by atoms with E-state index in [9.17, 15) is 14.4 Å². The van der Waals surface area contributed by atoms with Crippen LogP contribution in [0.25, 0.3) is 6.08 Å². The van der Waals surface area contributed by atoms with Crippen LogP contribution >= 0.6 is 11.6 Å². The maximum Gasteiger partial charge on any atom is 0.335 e. The van der Waals surface area contributed by atoms with E-state index in [0.717, 1.165) is 16.2 Å². The summed E-state index contributed by atoms with van der Waals surface area (Å²) >= 11 is 5.98. The molecule has 1 N–H and O–H groups in total. The second-order valence-electron chi connectivity index (χ2n) is 7.98. The number of carbonyl (C=O) groups is 3. The molecule has 0 bridgehead atoms. The van der Waals surface area contributed by atoms with Crippen molar-refractivity contribution in [2.45, 2.75) is 12.1 Å². The van der Waals surface area contributed by atoms with Gasteiger partial charge in [-0.1, -0.05) is 54.1 Å². The molecule has 3 atom stereocenters. The van der Waals surface area contributed by atoms with Crippen molar-refractivity contribution in [3.05, 3.63) is 101 Å². The quantitative estimate of drug-likeness (QED) is 0.550. The summed E-state index contributed by atoms with van der Waals surface area (Å²) in [7, 11) is 0. The molecule has 0 aromatic heterocycles. The monoisotopic (exact) mass is 474 g/mol. The minimum atomic E-state index is -1.09. The summed E-state index contributed by atoms with van der Waals surface area (Å²) in [5, 5.41) is 11.3. The SMILES string of the molecule is O=C(O)c1ccc(N2C(=O)[C@H]3[C@@H](/C=C\c4ccc(Cl)cc4)N(c4ccccc4)O[C@H]3C2=O)cc1. The zero-order valence-electron chi connectivity index (χ0n) is 17.7. The number of carboxylic acids is 1. The topological polar surface area (TPSA) is 87.2 Å². The molecular formula is C26H19ClN2O5. The maximum atomic E-state index is 13.5. The predicted molar refractivity (Wildman–Crippen MR) is 127 cm³/mol. The molecule has 2 heterocycles. The van der Waals surface area contributed by atoms with Gasteiger partial charge in [0.05, 0.1) is 23.0 Å². The number of nitrogens with zero attached hydrogens (tertiary/aromatic N) is 2. The number of carbonyl (C=O) groups excluding carboxylic acids is 2. The number of anilines is 2. The number of hydroxylamine groups is 1. The molecule has 0 radical (unpaired) electrons. The highest BCUT2D eigenvalue weighted by Crippen LogP contribution is 2.41. The van der Waals surface area contributed by atoms with Gasteiger partial charge in [0.25, 0.3) is 5.91 Å². The largest absolute Gasteiger partial charge is 0.478 e. The Kier molecular flexibility index (Phi) is 5.65. The third-order valence-electron chi connectivity index (χ3n) is 5.90. The van der Waals surface area contributed by atoms with E-state index in [2.05, 4.69) is 0 Å². The fourth-order valence-corrected chi connectivity index (χ4v) is 4.37. The smallest absolute Gasteiger partial charge is 0.335 e. The van der Waals surface area contributed by atoms with E-state index < -0.39 is 35.8 Å². The van der Waals surface area contributed by atoms with E-state index in [1.807, 2.05) is 54.6 Å². The van der Waals surface area contributed by atoms with Crippen LogP contribution in [0.15, 0.2) is 84.9 Å². The average Bonchev–Trinajstić information content (AvgIpc) is 3.34. The highest BCUT2D eigenvalue weighted by molar-refractivity contribution is 6.30. The lowest BCUT2D eigenvalue weighted by atomic mass is 9.95. The molecule has 2 saturated heterocycles. The van der Waals surface area contributed by atoms with Gasteiger partial charge in [-0.25, -0.2) is 14.8 Å². The summed E-state index contributed by atoms with van der Waals surface area (Å²) in [4.78, 5) is 45.0. The Balaban J connectivity index is 1.49. The molecule has 7 nitrogen and oxygen atoms in total. The lowest BCUT2D eigenvalue weighted by Gasteiger charge is -2.26. The van der Waals surface area contributed by atoms with Crippen molar-refractivity contribution in [3.8, 4) is 0 Å². The molecule has 2 aliphatic heterocycles. The number of rotatable bonds is 5. The van der Waals surface area contributed by atoms with Gasteiger partial charge in [-0.05, 0) is 54.1 Å². The van der Waals surface area contributed by atoms with Gasteiger partial charge in [0.1, 0.15) is 5.92 Å². The van der Waals surface area contributed by atoms with Gasteiger partial charge in [0, 0.05) is 5.02 Å². The molecule has 3 aromatic carbocycles. The molecule has 170 valence electrons. The van der Waals surface area contributed by atoms with E-state index in [-0.39, 0.29) is 5.56 Å². The van der Waals surface area contributed by atoms with E-state index in [4.69, 9.17) is 21.5 Å². The van der Waals surface area contributed by atoms with Crippen LogP contribution in [-0.2, 0) is 14.4 Å². The zero-order valence-corrected chi connectivity index (χ0v) is 18.5. The van der Waals surface area contributed by atoms with Crippen LogP contribution in [0, 0.1) is 5.92 Å². The number of amides is 2. The molecule has 34 heavy (non-hydrogen) atoms. The summed E-state index contributed by atoms with van der Waals surface area (Å²) in [6.07, 6.45) is 2.72. The second-order valence-corrected chi connectivity index (χ2v) is 8.41. The fraction of sp³-hybridized carbons (Fsp3) is 0.115. The number of hydrogen-bond acceptors (Lipinski definition) is 5. The second kappa shape index (κ2) is 8.78. The van der Waals surface area contributed by atoms with Gasteiger partial charge in [-0.15, -0.1) is 0 Å². The lowest BCUT2D eigenvalue weighted by molar-refractivity contribution is -0.126. The van der Waals surface area contributed by atoms with Gasteiger partial charge >= 0.3 is 5.97 Å². The summed E-state index contributed by atoms with van der Waals surface area (Å²) in [6, 6.07) is 21.6. The standard InChI is InChI=1S/C26H19ClN2O5/c27-18-11-6-16(7-12-18)8-15-21-22-23(34-29(21)20-4-2-1-3-5-20)25(31)28(24(22)30)19-13-9-17(10-14-19)26(32)33/h1-15,21-23H,(H,32,33)/b15-8-/t21-,22+,23-/m1/s1. The zero-order chi connectivity index (χ0) is 23.8. The van der Waals surface area contributed by atoms with Crippen molar-refractivity contribution < 1.29 is 24.3 Å². The number of fused-ring (bicyclic) bond motifs is 1. The Hall–Kier alpha value is -3.94. The third kappa shape index (κ3) is 3.85. The predicted octanol–water partition coefficient (Wildman–Crippen LogP) is 4.43. The highest BCUT2D eigenvalue weighted by atomic mass is 35.5. The van der Waals surface area contributed by atoms with Crippen molar-refractivity contribution in [2.24, 2.45) is 5.92 Å². The van der Waals surface area contributed by atoms with E-state index in [1.54, 1.807) is 17.2 Å². The van der Waals surface area contributed by atoms with Gasteiger partial charge < -0.3 is 5.11 Å². The minimum absolute atomic E-state index is 0.0679. The van der Waals surface area contributed by atoms with Crippen LogP contribution in [0.1, 0.15) is 15.9 Å². The van der Waals surface area contributed by atoms with Gasteiger partial charge in [0.2, 0.25) is 5.91 Å². The van der Waals surface area contributed by atoms with E-state index >= 15 is 0 Å². The molecule has 0 aliphatic carbocycles. The van der Waals surface area contributed by atoms with Gasteiger partial charge in [-0.2, -0.15) is 0 Å². The van der Waals surface area contributed by atoms with Crippen molar-refractivity contribution in [3.63, 3.8) is 0 Å². The van der Waals surface area contributed by atoms with Gasteiger partial charge in [0.15, 0.2) is 6.10 Å². The van der Waals surface area contributed by atoms with Crippen LogP contribution in [0.3, 0.4) is 0 Å². The van der Waals surface area contributed by atoms with Crippen LogP contribution in [0.5, 0.6) is 0 Å². The molecule has 0 unspecified atom stereocenters. The summed E-state index contributed by atoms with van der Waals surface area (Å²) in [5.41, 5.74) is 1.99. The number of para-hydroxylation sites is 1. The Labute approximate surface area is 200 Å². The number of carboxylic acid groups (broad SMARTS) is 1. The minimum Gasteiger partial charge on any atom is -0.478 e. The Morgan fingerprint density at radius 3 is 2.21 bits per heavy atom. The highest BCUT2D eigenvalue weighted by Gasteiger charge is 2.59. The number of hydrogen-bond donors (Lipinski definition) is 1. The molecule has 2 fully saturated rings. The molecule has 8 heteroatoms. The van der Waals surface area contributed by atoms with Crippen molar-refractivity contribution in [2.75, 3.05) is 9.96 Å². The Morgan fingerprint density at radius 2 is 1.56 bits per heavy atom. The number of halogens is 1. The first-order valence-electron chi connectivity index (χ1n) is 10.6. The molecule has 2 aliphatic rings. The van der Waals surface area contributed by atoms with E-state index in [1.165, 1.54) is 24.3 Å². The first kappa shape index (κ1) is 21.9. The summed E-state index contributed by atoms with van der Waals surface area (Å²) in [6.45, 7) is 0. The molecule has 0 spiro atoms. The summed E-state index contributed by atoms with van der Waals surface area (Å²) in [5.74, 6) is -2.74. The van der Waals surface area contributed by atoms with Crippen LogP contribution in [0.4, 0.5) is 11.4 Å². The summed E-state index contributed by atoms with van der Waals surface area (Å²) < 4.78 is 0. The van der Waals surface area contributed by atoms with E-state index in [0.29, 0.717) is 10.7 Å². The molecule has 3 aromatic rings. The first-order chi connectivity index (χ1) is 16.4. The van der Waals surface area contributed by atoms with Crippen molar-refractivity contribution in [1.82, 2.24) is 0 Å². The normalized spacial score (nSPS) is 22.0. The third-order valence-corrected chi connectivity index (χ3v) is 6.15. The Morgan fingerprint density at radius 1 is 0.882 bits per heavy atom. The molecule has 5 rings (SSSR count). The van der Waals surface area contributed by atoms with Crippen LogP contribution in [-0.4, -0.2) is 35.0 Å². The van der Waals surface area contributed by atoms with Crippen molar-refractivity contribution >= 4 is 46.8 Å². The lowest BCUT2D eigenvalue weighted by Crippen LogP contribution is -2.39. The maximum absolute atomic E-state index is 13.5. The molecular weight excluding hydrogens is 456 g/mol. The van der Waals surface area contributed by atoms with Crippen LogP contribution in [0.2, 0.25) is 5.02 Å². The first-order valence-corrected chi connectivity index (χ1v) is 11.0. The number of imide groups is 1. The fourth-order valence-electron chi connectivity index (χ4n) is 4.24. The van der Waals surface area contributed by atoms with Crippen molar-refractivity contribution in [1.29, 1.82) is 0 Å². The number of benzene rings is 3. The average molecular weight is 475 g/mol.